The van der Waals surface area contributed by atoms with Crippen molar-refractivity contribution in [3.8, 4) is 0 Å². The first-order valence-electron chi connectivity index (χ1n) is 11.3. The van der Waals surface area contributed by atoms with Gasteiger partial charge in [0.1, 0.15) is 42.2 Å². The number of β-lactam (4-membered cyclic amide) rings is 1. The van der Waals surface area contributed by atoms with Crippen LogP contribution in [-0.2, 0) is 25.8 Å². The maximum atomic E-state index is 13.1. The minimum Gasteiger partial charge on any atom is -0.477 e. The van der Waals surface area contributed by atoms with Gasteiger partial charge in [-0.3, -0.25) is 14.5 Å². The van der Waals surface area contributed by atoms with Crippen molar-refractivity contribution >= 4 is 57.4 Å². The summed E-state index contributed by atoms with van der Waals surface area (Å²) in [6.45, 7) is 4.19. The molecule has 0 saturated carbocycles. The van der Waals surface area contributed by atoms with Crippen LogP contribution in [0.4, 0.5) is 5.13 Å². The van der Waals surface area contributed by atoms with E-state index >= 15 is 0 Å². The Morgan fingerprint density at radius 3 is 2.89 bits per heavy atom. The largest absolute Gasteiger partial charge is 0.477 e. The average Bonchev–Trinajstić information content (AvgIpc) is 3.49. The maximum absolute atomic E-state index is 13.1. The zero-order valence-corrected chi connectivity index (χ0v) is 21.5. The van der Waals surface area contributed by atoms with E-state index in [1.165, 1.54) is 16.7 Å². The molecule has 0 radical (unpaired) electrons. The molecular weight excluding hydrogens is 520 g/mol. The topological polar surface area (TPSA) is 168 Å². The predicted molar refractivity (Wildman–Crippen MR) is 134 cm³/mol. The van der Waals surface area contributed by atoms with Crippen LogP contribution in [-0.4, -0.2) is 71.0 Å². The number of pyridine rings is 1. The zero-order chi connectivity index (χ0) is 26.3. The first kappa shape index (κ1) is 24.7. The number of carboxylic acid groups (broad SMARTS) is 1. The summed E-state index contributed by atoms with van der Waals surface area (Å²) in [5, 5.41) is 16.0. The number of hydrogen-bond donors (Lipinski definition) is 3. The number of rotatable bonds is 8. The molecule has 2 amide bonds. The number of aliphatic carboxylic acids is 1. The van der Waals surface area contributed by atoms with E-state index in [9.17, 15) is 19.5 Å². The van der Waals surface area contributed by atoms with Gasteiger partial charge in [0, 0.05) is 22.9 Å². The summed E-state index contributed by atoms with van der Waals surface area (Å²) < 4.78 is 7.90. The number of nitrogens with two attached hydrogens (primary N) is 1. The summed E-state index contributed by atoms with van der Waals surface area (Å²) in [4.78, 5) is 48.5. The molecular formula is C22H23N8O5S2+. The van der Waals surface area contributed by atoms with Crippen LogP contribution < -0.4 is 15.6 Å². The highest BCUT2D eigenvalue weighted by Crippen LogP contribution is 2.40. The molecule has 37 heavy (non-hydrogen) atoms. The maximum Gasteiger partial charge on any atom is 0.352 e. The fourth-order valence-electron chi connectivity index (χ4n) is 4.23. The van der Waals surface area contributed by atoms with Crippen LogP contribution in [0.1, 0.15) is 18.4 Å². The van der Waals surface area contributed by atoms with Gasteiger partial charge in [0.15, 0.2) is 10.6 Å². The second kappa shape index (κ2) is 9.82. The van der Waals surface area contributed by atoms with Crippen molar-refractivity contribution in [2.75, 3.05) is 18.1 Å². The normalized spacial score (nSPS) is 19.6. The van der Waals surface area contributed by atoms with E-state index < -0.39 is 29.2 Å². The number of oxime groups is 1. The molecule has 4 N–H and O–H groups in total. The Balaban J connectivity index is 1.36. The number of carbonyl (C=O) groups excluding carboxylic acids is 2. The van der Waals surface area contributed by atoms with Crippen LogP contribution in [0.2, 0.25) is 0 Å². The zero-order valence-electron chi connectivity index (χ0n) is 19.8. The molecule has 2 aliphatic heterocycles. The molecule has 2 atom stereocenters. The minimum atomic E-state index is -1.19. The van der Waals surface area contributed by atoms with E-state index in [1.807, 2.05) is 46.6 Å². The molecule has 15 heteroatoms. The second-order valence-corrected chi connectivity index (χ2v) is 10.2. The summed E-state index contributed by atoms with van der Waals surface area (Å²) in [5.41, 5.74) is 7.97. The Hall–Kier alpha value is -3.98. The Morgan fingerprint density at radius 2 is 2.22 bits per heavy atom. The van der Waals surface area contributed by atoms with Gasteiger partial charge in [-0.2, -0.15) is 13.8 Å². The lowest BCUT2D eigenvalue weighted by molar-refractivity contribution is -0.687. The summed E-state index contributed by atoms with van der Waals surface area (Å²) in [7, 11) is 0. The van der Waals surface area contributed by atoms with Crippen LogP contribution in [0, 0.1) is 6.92 Å². The number of nitrogen functional groups attached to an aromatic ring is 1. The molecule has 13 nitrogen and oxygen atoms in total. The summed E-state index contributed by atoms with van der Waals surface area (Å²) in [6.07, 6.45) is 3.82. The molecule has 3 aromatic heterocycles. The fraction of sp³-hybridized carbons (Fsp3) is 0.318. The number of carboxylic acids is 1. The number of imidazole rings is 1. The van der Waals surface area contributed by atoms with Crippen molar-refractivity contribution in [1.29, 1.82) is 0 Å². The van der Waals surface area contributed by atoms with Gasteiger partial charge in [0.25, 0.3) is 11.8 Å². The van der Waals surface area contributed by atoms with Crippen LogP contribution in [0.5, 0.6) is 0 Å². The number of aromatic nitrogens is 4. The summed E-state index contributed by atoms with van der Waals surface area (Å²) in [5.74, 6) is -2.08. The Labute approximate surface area is 218 Å². The molecule has 0 bridgehead atoms. The lowest BCUT2D eigenvalue weighted by Crippen LogP contribution is -2.71. The molecule has 2 aliphatic rings. The van der Waals surface area contributed by atoms with Crippen LogP contribution in [0.3, 0.4) is 0 Å². The Bertz CT molecular complexity index is 1480. The number of fused-ring (bicyclic) bond motifs is 2. The van der Waals surface area contributed by atoms with Gasteiger partial charge < -0.3 is 21.0 Å². The molecule has 0 aliphatic carbocycles. The highest BCUT2D eigenvalue weighted by atomic mass is 32.2. The molecule has 0 spiro atoms. The van der Waals surface area contributed by atoms with Crippen LogP contribution in [0.15, 0.2) is 47.1 Å². The SMILES string of the molecule is CCO/N=C(\C(=O)N[C@@H]1C(=O)N2C(C(=O)O)=C(C[n+]3cc4cccc(C)n4c3)CS[C@H]12)c1nsc(N)n1. The molecule has 5 rings (SSSR count). The van der Waals surface area contributed by atoms with Gasteiger partial charge in [0.05, 0.1) is 0 Å². The summed E-state index contributed by atoms with van der Waals surface area (Å²) >= 11 is 2.28. The quantitative estimate of drug-likeness (QED) is 0.155. The van der Waals surface area contributed by atoms with Crippen molar-refractivity contribution < 1.29 is 28.9 Å². The number of thioether (sulfide) groups is 1. The van der Waals surface area contributed by atoms with Gasteiger partial charge in [0.2, 0.25) is 17.9 Å². The third-order valence-electron chi connectivity index (χ3n) is 5.89. The molecule has 1 fully saturated rings. The third-order valence-corrected chi connectivity index (χ3v) is 7.77. The molecule has 192 valence electrons. The molecule has 3 aromatic rings. The fourth-order valence-corrected chi connectivity index (χ4v) is 6.00. The van der Waals surface area contributed by atoms with E-state index in [-0.39, 0.29) is 29.0 Å². The monoisotopic (exact) mass is 543 g/mol. The number of nitrogens with zero attached hydrogens (tertiary/aromatic N) is 6. The van der Waals surface area contributed by atoms with Crippen molar-refractivity contribution in [2.24, 2.45) is 5.16 Å². The van der Waals surface area contributed by atoms with Crippen molar-refractivity contribution in [3.63, 3.8) is 0 Å². The van der Waals surface area contributed by atoms with Gasteiger partial charge in [-0.05, 0) is 26.0 Å². The highest BCUT2D eigenvalue weighted by Gasteiger charge is 2.54. The van der Waals surface area contributed by atoms with E-state index in [0.717, 1.165) is 22.7 Å². The van der Waals surface area contributed by atoms with Gasteiger partial charge in [-0.15, -0.1) is 11.8 Å². The minimum absolute atomic E-state index is 0.0194. The number of aryl methyl sites for hydroxylation is 1. The second-order valence-electron chi connectivity index (χ2n) is 8.31. The van der Waals surface area contributed by atoms with Crippen molar-refractivity contribution in [2.45, 2.75) is 31.8 Å². The number of amides is 2. The lowest BCUT2D eigenvalue weighted by Gasteiger charge is -2.49. The van der Waals surface area contributed by atoms with Crippen molar-refractivity contribution in [3.05, 3.63) is 53.5 Å². The van der Waals surface area contributed by atoms with Gasteiger partial charge in [-0.1, -0.05) is 11.2 Å². The molecule has 0 aromatic carbocycles. The Morgan fingerprint density at radius 1 is 1.41 bits per heavy atom. The Kier molecular flexibility index (Phi) is 6.55. The molecule has 5 heterocycles. The molecule has 1 saturated heterocycles. The van der Waals surface area contributed by atoms with Crippen molar-refractivity contribution in [1.82, 2.24) is 24.0 Å². The number of anilines is 1. The van der Waals surface area contributed by atoms with Gasteiger partial charge in [-0.25, -0.2) is 9.36 Å². The average molecular weight is 544 g/mol. The van der Waals surface area contributed by atoms with Gasteiger partial charge >= 0.3 is 5.97 Å². The first-order chi connectivity index (χ1) is 17.8. The number of nitrogens with one attached hydrogen (secondary N) is 1. The number of hydrogen-bond acceptors (Lipinski definition) is 10. The molecule has 0 unspecified atom stereocenters. The van der Waals surface area contributed by atoms with E-state index in [0.29, 0.717) is 17.9 Å². The summed E-state index contributed by atoms with van der Waals surface area (Å²) in [6, 6.07) is 4.96. The van der Waals surface area contributed by atoms with Crippen LogP contribution >= 0.6 is 23.3 Å². The standard InChI is InChI=1S/C22H22N8O5S2/c1-3-35-26-14(17-25-22(23)37-27-17)18(31)24-15-19(32)30-16(21(33)34)12(9-36-20(15)30)7-28-8-13-6-4-5-11(2)29(13)10-28/h4-6,8,10,15,20H,3,7,9H2,1-2H3,(H3-,23,24,25,27,31,33,34)/p+1/b26-14-/t15-,20-/m1/s1. The van der Waals surface area contributed by atoms with E-state index in [4.69, 9.17) is 10.6 Å². The smallest absolute Gasteiger partial charge is 0.352 e. The van der Waals surface area contributed by atoms with E-state index in [1.54, 1.807) is 6.92 Å². The van der Waals surface area contributed by atoms with Crippen LogP contribution in [0.25, 0.3) is 5.52 Å². The predicted octanol–water partition coefficient (Wildman–Crippen LogP) is 0.148. The third kappa shape index (κ3) is 4.51. The van der Waals surface area contributed by atoms with E-state index in [2.05, 4.69) is 19.8 Å². The lowest BCUT2D eigenvalue weighted by atomic mass is 10.0. The highest BCUT2D eigenvalue weighted by molar-refractivity contribution is 8.00. The number of carbonyl (C=O) groups is 3. The first-order valence-corrected chi connectivity index (χ1v) is 13.1.